The zero-order valence-electron chi connectivity index (χ0n) is 17.3. The van der Waals surface area contributed by atoms with Gasteiger partial charge in [-0.3, -0.25) is 29.7 Å². The average Bonchev–Trinajstić information content (AvgIpc) is 3.40. The van der Waals surface area contributed by atoms with Crippen LogP contribution in [0.3, 0.4) is 0 Å². The quantitative estimate of drug-likeness (QED) is 0.701. The summed E-state index contributed by atoms with van der Waals surface area (Å²) in [6.45, 7) is 1.46. The van der Waals surface area contributed by atoms with Gasteiger partial charge in [-0.1, -0.05) is 0 Å². The van der Waals surface area contributed by atoms with Crippen LogP contribution in [0.1, 0.15) is 46.8 Å². The molecule has 1 aromatic carbocycles. The number of amides is 5. The van der Waals surface area contributed by atoms with E-state index in [1.807, 2.05) is 0 Å². The van der Waals surface area contributed by atoms with Crippen LogP contribution in [0.5, 0.6) is 0 Å². The van der Waals surface area contributed by atoms with Crippen LogP contribution in [0.4, 0.5) is 10.5 Å². The van der Waals surface area contributed by atoms with E-state index in [2.05, 4.69) is 20.6 Å². The number of carbonyl (C=O) groups excluding carboxylic acids is 4. The van der Waals surface area contributed by atoms with Crippen LogP contribution in [0, 0.1) is 0 Å². The first-order chi connectivity index (χ1) is 15.5. The summed E-state index contributed by atoms with van der Waals surface area (Å²) in [5.41, 5.74) is 2.73. The molecule has 0 radical (unpaired) electrons. The number of aromatic nitrogens is 2. The molecule has 5 amide bonds. The van der Waals surface area contributed by atoms with Gasteiger partial charge in [-0.15, -0.1) is 0 Å². The first kappa shape index (κ1) is 20.1. The number of rotatable bonds is 3. The number of imide groups is 1. The monoisotopic (exact) mass is 434 g/mol. The van der Waals surface area contributed by atoms with Gasteiger partial charge in [-0.05, 0) is 36.6 Å². The molecule has 32 heavy (non-hydrogen) atoms. The topological polar surface area (TPSA) is 125 Å². The Kier molecular flexibility index (Phi) is 5.04. The molecule has 2 aromatic rings. The van der Waals surface area contributed by atoms with Crippen LogP contribution in [0.15, 0.2) is 36.8 Å². The summed E-state index contributed by atoms with van der Waals surface area (Å²) in [7, 11) is 0. The first-order valence-electron chi connectivity index (χ1n) is 10.6. The van der Waals surface area contributed by atoms with Crippen LogP contribution >= 0.6 is 0 Å². The highest BCUT2D eigenvalue weighted by Gasteiger charge is 2.39. The molecule has 2 saturated heterocycles. The highest BCUT2D eigenvalue weighted by Crippen LogP contribution is 2.30. The van der Waals surface area contributed by atoms with Crippen molar-refractivity contribution in [2.24, 2.45) is 0 Å². The van der Waals surface area contributed by atoms with E-state index in [0.717, 1.165) is 17.7 Å². The molecule has 10 nitrogen and oxygen atoms in total. The molecule has 10 heteroatoms. The lowest BCUT2D eigenvalue weighted by molar-refractivity contribution is -0.136. The Hall–Kier alpha value is -3.82. The lowest BCUT2D eigenvalue weighted by Crippen LogP contribution is -2.52. The molecule has 5 rings (SSSR count). The van der Waals surface area contributed by atoms with Gasteiger partial charge in [0, 0.05) is 61.8 Å². The lowest BCUT2D eigenvalue weighted by atomic mass is 10.0. The van der Waals surface area contributed by atoms with Crippen molar-refractivity contribution in [1.29, 1.82) is 0 Å². The van der Waals surface area contributed by atoms with E-state index in [9.17, 15) is 19.2 Å². The van der Waals surface area contributed by atoms with Gasteiger partial charge in [0.15, 0.2) is 0 Å². The normalized spacial score (nSPS) is 22.7. The van der Waals surface area contributed by atoms with E-state index < -0.39 is 11.9 Å². The predicted octanol–water partition coefficient (Wildman–Crippen LogP) is 1.26. The van der Waals surface area contributed by atoms with Crippen molar-refractivity contribution in [1.82, 2.24) is 25.1 Å². The first-order valence-corrected chi connectivity index (χ1v) is 10.6. The van der Waals surface area contributed by atoms with E-state index in [-0.39, 0.29) is 36.7 Å². The van der Waals surface area contributed by atoms with Gasteiger partial charge in [-0.25, -0.2) is 4.79 Å². The summed E-state index contributed by atoms with van der Waals surface area (Å²) < 4.78 is 0. The summed E-state index contributed by atoms with van der Waals surface area (Å²) in [4.78, 5) is 60.8. The summed E-state index contributed by atoms with van der Waals surface area (Å²) in [6.07, 6.45) is 6.37. The number of carbonyl (C=O) groups is 4. The standard InChI is InChI=1S/C22H22N6O4/c29-19-4-3-18(20(30)26-19)28-12-14-9-15(1-2-16(14)21(28)31)25-22(32)27-8-5-13(11-27)17-10-23-6-7-24-17/h1-2,6-7,9-10,13,18H,3-5,8,11-12H2,(H,25,32)(H,26,29,30). The number of hydrogen-bond donors (Lipinski definition) is 2. The van der Waals surface area contributed by atoms with Crippen molar-refractivity contribution in [3.05, 3.63) is 53.6 Å². The maximum Gasteiger partial charge on any atom is 0.321 e. The fourth-order valence-corrected chi connectivity index (χ4v) is 4.56. The van der Waals surface area contributed by atoms with Gasteiger partial charge in [0.1, 0.15) is 6.04 Å². The predicted molar refractivity (Wildman–Crippen MR) is 112 cm³/mol. The Morgan fingerprint density at radius 2 is 2.03 bits per heavy atom. The second-order valence-corrected chi connectivity index (χ2v) is 8.26. The Bertz CT molecular complexity index is 1100. The number of fused-ring (bicyclic) bond motifs is 1. The molecule has 3 aliphatic rings. The number of benzene rings is 1. The highest BCUT2D eigenvalue weighted by molar-refractivity contribution is 6.05. The molecule has 1 aromatic heterocycles. The number of hydrogen-bond acceptors (Lipinski definition) is 6. The summed E-state index contributed by atoms with van der Waals surface area (Å²) in [5, 5.41) is 5.20. The maximum atomic E-state index is 12.8. The average molecular weight is 434 g/mol. The fraction of sp³-hybridized carbons (Fsp3) is 0.364. The van der Waals surface area contributed by atoms with Gasteiger partial charge in [0.05, 0.1) is 5.69 Å². The van der Waals surface area contributed by atoms with E-state index >= 15 is 0 Å². The van der Waals surface area contributed by atoms with Gasteiger partial charge in [0.2, 0.25) is 11.8 Å². The third kappa shape index (κ3) is 3.68. The number of nitrogens with one attached hydrogen (secondary N) is 2. The smallest absolute Gasteiger partial charge is 0.321 e. The minimum Gasteiger partial charge on any atom is -0.324 e. The second-order valence-electron chi connectivity index (χ2n) is 8.26. The van der Waals surface area contributed by atoms with Crippen molar-refractivity contribution in [3.63, 3.8) is 0 Å². The lowest BCUT2D eigenvalue weighted by Gasteiger charge is -2.29. The van der Waals surface area contributed by atoms with Crippen LogP contribution in [0.25, 0.3) is 0 Å². The Labute approximate surface area is 184 Å². The molecule has 0 aliphatic carbocycles. The van der Waals surface area contributed by atoms with Crippen LogP contribution in [0.2, 0.25) is 0 Å². The third-order valence-corrected chi connectivity index (χ3v) is 6.25. The van der Waals surface area contributed by atoms with Crippen molar-refractivity contribution in [2.75, 3.05) is 18.4 Å². The maximum absolute atomic E-state index is 12.8. The molecule has 164 valence electrons. The summed E-state index contributed by atoms with van der Waals surface area (Å²) >= 11 is 0. The van der Waals surface area contributed by atoms with Crippen LogP contribution in [-0.4, -0.2) is 62.7 Å². The van der Waals surface area contributed by atoms with Gasteiger partial charge >= 0.3 is 6.03 Å². The van der Waals surface area contributed by atoms with Crippen molar-refractivity contribution < 1.29 is 19.2 Å². The number of nitrogens with zero attached hydrogens (tertiary/aromatic N) is 4. The molecule has 2 fully saturated rings. The Morgan fingerprint density at radius 1 is 1.16 bits per heavy atom. The van der Waals surface area contributed by atoms with Gasteiger partial charge in [-0.2, -0.15) is 0 Å². The Morgan fingerprint density at radius 3 is 2.81 bits per heavy atom. The largest absolute Gasteiger partial charge is 0.324 e. The molecule has 4 heterocycles. The second kappa shape index (κ2) is 8.03. The van der Waals surface area contributed by atoms with E-state index in [4.69, 9.17) is 0 Å². The highest BCUT2D eigenvalue weighted by atomic mass is 16.2. The van der Waals surface area contributed by atoms with Gasteiger partial charge in [0.25, 0.3) is 5.91 Å². The van der Waals surface area contributed by atoms with Crippen molar-refractivity contribution in [2.45, 2.75) is 37.8 Å². The van der Waals surface area contributed by atoms with Crippen molar-refractivity contribution in [3.8, 4) is 0 Å². The minimum atomic E-state index is -0.659. The zero-order valence-corrected chi connectivity index (χ0v) is 17.3. The molecule has 2 unspecified atom stereocenters. The molecule has 2 N–H and O–H groups in total. The van der Waals surface area contributed by atoms with E-state index in [1.54, 1.807) is 41.7 Å². The molecular formula is C22H22N6O4. The SMILES string of the molecule is O=C1CCC(N2Cc3cc(NC(=O)N4CCC(c5cnccn5)C4)ccc3C2=O)C(=O)N1. The zero-order chi connectivity index (χ0) is 22.2. The molecule has 2 atom stereocenters. The summed E-state index contributed by atoms with van der Waals surface area (Å²) in [5.74, 6) is -0.834. The van der Waals surface area contributed by atoms with Crippen LogP contribution < -0.4 is 10.6 Å². The van der Waals surface area contributed by atoms with E-state index in [1.165, 1.54) is 4.90 Å². The fourth-order valence-electron chi connectivity index (χ4n) is 4.56. The molecular weight excluding hydrogens is 412 g/mol. The number of likely N-dealkylation sites (tertiary alicyclic amines) is 1. The van der Waals surface area contributed by atoms with Crippen molar-refractivity contribution >= 4 is 29.4 Å². The van der Waals surface area contributed by atoms with Gasteiger partial charge < -0.3 is 15.1 Å². The number of piperidine rings is 1. The number of urea groups is 1. The van der Waals surface area contributed by atoms with E-state index in [0.29, 0.717) is 30.8 Å². The third-order valence-electron chi connectivity index (χ3n) is 6.25. The Balaban J connectivity index is 1.24. The molecule has 3 aliphatic heterocycles. The molecule has 0 spiro atoms. The summed E-state index contributed by atoms with van der Waals surface area (Å²) in [6, 6.07) is 4.27. The minimum absolute atomic E-state index is 0.161. The molecule has 0 bridgehead atoms. The number of anilines is 1. The van der Waals surface area contributed by atoms with Crippen LogP contribution in [-0.2, 0) is 16.1 Å². The molecule has 0 saturated carbocycles.